The highest BCUT2D eigenvalue weighted by molar-refractivity contribution is 5.83. The Morgan fingerprint density at radius 1 is 0.631 bits per heavy atom. The smallest absolute Gasteiger partial charge is 0.497 e. The first-order valence-corrected chi connectivity index (χ1v) is 30.1. The lowest BCUT2D eigenvalue weighted by atomic mass is 9.95. The topological polar surface area (TPSA) is 128 Å². The number of anilines is 1. The van der Waals surface area contributed by atoms with Crippen molar-refractivity contribution in [1.82, 2.24) is 19.5 Å². The molecule has 1 aliphatic heterocycles. The predicted molar refractivity (Wildman–Crippen MR) is 330 cm³/mol. The fraction of sp³-hybridized carbons (Fsp3) is 0.380. The van der Waals surface area contributed by atoms with Gasteiger partial charge in [-0.05, 0) is 75.2 Å². The molecule has 2 unspecified atom stereocenters. The summed E-state index contributed by atoms with van der Waals surface area (Å²) in [5.74, 6) is 4.58. The first kappa shape index (κ1) is 60.5. The van der Waals surface area contributed by atoms with Crippen molar-refractivity contribution in [3.05, 3.63) is 192 Å². The van der Waals surface area contributed by atoms with Crippen molar-refractivity contribution < 1.29 is 37.6 Å². The normalized spacial score (nSPS) is 16.4. The van der Waals surface area contributed by atoms with Crippen LogP contribution in [0, 0.1) is 18.4 Å². The molecule has 9 rings (SSSR count). The molecule has 0 amide bonds. The molecular formula is C71H80FN5O7. The molecule has 1 fully saturated rings. The van der Waals surface area contributed by atoms with Crippen LogP contribution in [0.2, 0.25) is 0 Å². The van der Waals surface area contributed by atoms with Gasteiger partial charge >= 0.3 is 12.2 Å². The van der Waals surface area contributed by atoms with E-state index in [2.05, 4.69) is 52.4 Å². The number of methoxy groups -OCH3 is 2. The molecule has 13 heteroatoms. The van der Waals surface area contributed by atoms with Crippen molar-refractivity contribution in [1.29, 1.82) is 0 Å². The van der Waals surface area contributed by atoms with E-state index in [1.165, 1.54) is 83.5 Å². The summed E-state index contributed by atoms with van der Waals surface area (Å²) in [6.07, 6.45) is 23.9. The Morgan fingerprint density at radius 3 is 1.61 bits per heavy atom. The molecule has 2 aromatic heterocycles. The zero-order valence-electron chi connectivity index (χ0n) is 48.9. The molecule has 5 atom stereocenters. The van der Waals surface area contributed by atoms with Crippen LogP contribution in [-0.4, -0.2) is 64.8 Å². The lowest BCUT2D eigenvalue weighted by Crippen LogP contribution is -2.45. The summed E-state index contributed by atoms with van der Waals surface area (Å²) >= 11 is 0. The molecule has 3 heterocycles. The third-order valence-electron chi connectivity index (χ3n) is 16.0. The number of aromatic nitrogens is 4. The van der Waals surface area contributed by atoms with Gasteiger partial charge in [-0.15, -0.1) is 6.42 Å². The average molecular weight is 1130 g/mol. The number of hydrogen-bond donors (Lipinski definition) is 1. The third-order valence-corrected chi connectivity index (χ3v) is 16.0. The maximum atomic E-state index is 16.0. The van der Waals surface area contributed by atoms with E-state index >= 15 is 4.39 Å². The van der Waals surface area contributed by atoms with E-state index in [0.717, 1.165) is 75.3 Å². The molecule has 12 nitrogen and oxygen atoms in total. The van der Waals surface area contributed by atoms with Crippen LogP contribution in [0.5, 0.6) is 11.5 Å². The molecule has 84 heavy (non-hydrogen) atoms. The summed E-state index contributed by atoms with van der Waals surface area (Å²) in [7, 11) is 3.29. The first-order chi connectivity index (χ1) is 41.3. The predicted octanol–water partition coefficient (Wildman–Crippen LogP) is 17.4. The largest absolute Gasteiger partial charge is 0.508 e. The second-order valence-electron chi connectivity index (χ2n) is 21.8. The highest BCUT2D eigenvalue weighted by Gasteiger charge is 2.52. The van der Waals surface area contributed by atoms with Gasteiger partial charge < -0.3 is 33.7 Å². The highest BCUT2D eigenvalue weighted by Crippen LogP contribution is 2.44. The molecule has 0 bridgehead atoms. The van der Waals surface area contributed by atoms with Crippen LogP contribution in [0.15, 0.2) is 164 Å². The molecule has 438 valence electrons. The minimum Gasteiger partial charge on any atom is -0.497 e. The summed E-state index contributed by atoms with van der Waals surface area (Å²) in [4.78, 5) is 26.8. The summed E-state index contributed by atoms with van der Waals surface area (Å²) < 4.78 is 54.0. The van der Waals surface area contributed by atoms with Crippen LogP contribution in [0.25, 0.3) is 33.4 Å². The third kappa shape index (κ3) is 16.2. The molecule has 1 saturated heterocycles. The average Bonchev–Trinajstić information content (AvgIpc) is 4.10. The van der Waals surface area contributed by atoms with Crippen LogP contribution in [0.1, 0.15) is 157 Å². The van der Waals surface area contributed by atoms with Gasteiger partial charge in [0.2, 0.25) is 0 Å². The molecule has 1 N–H and O–H groups in total. The molecule has 0 radical (unpaired) electrons. The fourth-order valence-corrected chi connectivity index (χ4v) is 11.2. The molecule has 1 aliphatic rings. The number of nitrogens with zero attached hydrogens (tertiary/aromatic N) is 4. The summed E-state index contributed by atoms with van der Waals surface area (Å²) in [6, 6.07) is 51.4. The molecule has 0 spiro atoms. The lowest BCUT2D eigenvalue weighted by Gasteiger charge is -2.32. The minimum atomic E-state index is -1.65. The number of hydrogen-bond acceptors (Lipinski definition) is 11. The van der Waals surface area contributed by atoms with Gasteiger partial charge in [0.05, 0.1) is 33.2 Å². The number of terminal acetylenes is 1. The number of nitrogens with one attached hydrogen (secondary N) is 1. The van der Waals surface area contributed by atoms with Crippen LogP contribution in [0.4, 0.5) is 15.0 Å². The molecule has 6 aromatic carbocycles. The number of unbranched alkanes of at least 4 members (excludes halogenated alkanes) is 15. The second-order valence-corrected chi connectivity index (χ2v) is 21.8. The Hall–Kier alpha value is -8.05. The van der Waals surface area contributed by atoms with Gasteiger partial charge in [0, 0.05) is 6.42 Å². The van der Waals surface area contributed by atoms with Gasteiger partial charge in [-0.1, -0.05) is 243 Å². The molecule has 8 aromatic rings. The van der Waals surface area contributed by atoms with Crippen LogP contribution in [0.3, 0.4) is 0 Å². The summed E-state index contributed by atoms with van der Waals surface area (Å²) in [6.45, 7) is 2.10. The maximum Gasteiger partial charge on any atom is 0.508 e. The van der Waals surface area contributed by atoms with E-state index in [1.54, 1.807) is 25.1 Å². The number of benzene rings is 6. The number of imidazole rings is 1. The van der Waals surface area contributed by atoms with Crippen molar-refractivity contribution in [3.8, 4) is 46.1 Å². The van der Waals surface area contributed by atoms with Gasteiger partial charge in [0.1, 0.15) is 36.5 Å². The number of ether oxygens (including phenoxy) is 6. The van der Waals surface area contributed by atoms with Crippen LogP contribution >= 0.6 is 0 Å². The van der Waals surface area contributed by atoms with Gasteiger partial charge in [0.15, 0.2) is 22.6 Å². The van der Waals surface area contributed by atoms with E-state index in [-0.39, 0.29) is 31.1 Å². The van der Waals surface area contributed by atoms with Crippen molar-refractivity contribution in [2.24, 2.45) is 0 Å². The van der Waals surface area contributed by atoms with Gasteiger partial charge in [-0.3, -0.25) is 4.57 Å². The van der Waals surface area contributed by atoms with E-state index in [4.69, 9.17) is 39.8 Å². The number of fused-ring (bicyclic) bond motifs is 1. The Labute approximate surface area is 495 Å². The fourth-order valence-electron chi connectivity index (χ4n) is 11.2. The maximum absolute atomic E-state index is 16.0. The minimum absolute atomic E-state index is 0.141. The Bertz CT molecular complexity index is 3300. The highest BCUT2D eigenvalue weighted by atomic mass is 19.1. The Balaban J connectivity index is 0.912. The van der Waals surface area contributed by atoms with Gasteiger partial charge in [-0.2, -0.15) is 14.4 Å². The van der Waals surface area contributed by atoms with Crippen molar-refractivity contribution in [3.63, 3.8) is 0 Å². The monoisotopic (exact) mass is 1130 g/mol. The molecule has 0 saturated carbocycles. The Kier molecular flexibility index (Phi) is 22.4. The van der Waals surface area contributed by atoms with E-state index in [1.807, 2.05) is 133 Å². The number of carbonyl (C=O) groups is 1. The van der Waals surface area contributed by atoms with E-state index in [0.29, 0.717) is 5.52 Å². The van der Waals surface area contributed by atoms with Crippen LogP contribution in [-0.2, 0) is 18.9 Å². The lowest BCUT2D eigenvalue weighted by molar-refractivity contribution is -0.121. The molecule has 0 aliphatic carbocycles. The first-order valence-electron chi connectivity index (χ1n) is 30.1. The van der Waals surface area contributed by atoms with E-state index < -0.39 is 42.3 Å². The summed E-state index contributed by atoms with van der Waals surface area (Å²) in [5.41, 5.74) is 6.47. The zero-order valence-corrected chi connectivity index (χ0v) is 48.9. The van der Waals surface area contributed by atoms with Crippen molar-refractivity contribution >= 4 is 23.1 Å². The number of rotatable bonds is 32. The quantitative estimate of drug-likeness (QED) is 0.0187. The standard InChI is InChI=1S/C71H80FN5O7/c1-5-7-8-9-10-11-12-13-14-15-16-17-18-19-20-27-48-81-70(78)82-50-71(6-2)62(83-66(58-30-25-22-26-31-58)59-38-34-53(35-39-59)55-42-46-61(80-4)47-43-55)49-63(84-71)77-51-73-65-67(75-69(72)76-68(65)77)74-64(56-28-23-21-24-29-56)57-36-32-52(33-37-57)54-40-44-60(79-3)45-41-54/h2,21-26,28-47,51,62-64,66H,5,7-20,27,48-50H2,1,3-4H3,(H,74,75,76)/t62-,63+,64?,66?,71+/m0/s1. The number of halogens is 1. The van der Waals surface area contributed by atoms with Crippen molar-refractivity contribution in [2.45, 2.75) is 146 Å². The SMILES string of the molecule is C#C[C@]1(COC(=O)OCCCCCCCCCCCCCCCCCC)O[C@@H](n2cnc3c(NC(c4ccccc4)c4ccc(-c5ccc(OC)cc5)cc4)nc(F)nc32)C[C@@H]1OC(c1ccccc1)c1ccc(-c2ccc(OC)cc2)cc1. The van der Waals surface area contributed by atoms with Crippen LogP contribution < -0.4 is 14.8 Å². The van der Waals surface area contributed by atoms with Crippen molar-refractivity contribution in [2.75, 3.05) is 32.8 Å². The second kappa shape index (κ2) is 31.0. The Morgan fingerprint density at radius 2 is 1.10 bits per heavy atom. The summed E-state index contributed by atoms with van der Waals surface area (Å²) in [5, 5.41) is 3.52. The van der Waals surface area contributed by atoms with Gasteiger partial charge in [0.25, 0.3) is 0 Å². The van der Waals surface area contributed by atoms with E-state index in [9.17, 15) is 4.79 Å². The van der Waals surface area contributed by atoms with Gasteiger partial charge in [-0.25, -0.2) is 9.78 Å². The zero-order chi connectivity index (χ0) is 58.4. The number of carbonyl (C=O) groups excluding carboxylic acids is 1. The molecular weight excluding hydrogens is 1050 g/mol.